The van der Waals surface area contributed by atoms with Crippen LogP contribution in [0.5, 0.6) is 0 Å². The van der Waals surface area contributed by atoms with Crippen molar-refractivity contribution in [3.63, 3.8) is 0 Å². The minimum atomic E-state index is 0.0999. The lowest BCUT2D eigenvalue weighted by Gasteiger charge is -2.34. The van der Waals surface area contributed by atoms with Gasteiger partial charge in [0.05, 0.1) is 22.2 Å². The molecule has 0 fully saturated rings. The van der Waals surface area contributed by atoms with Gasteiger partial charge in [0.15, 0.2) is 0 Å². The second kappa shape index (κ2) is 8.39. The monoisotopic (exact) mass is 616 g/mol. The average Bonchev–Trinajstić information content (AvgIpc) is 3.66. The molecule has 2 aromatic heterocycles. The fourth-order valence-electron chi connectivity index (χ4n) is 9.84. The molecule has 4 heterocycles. The molecule has 2 aliphatic rings. The van der Waals surface area contributed by atoms with Gasteiger partial charge >= 0.3 is 0 Å². The lowest BCUT2D eigenvalue weighted by atomic mass is 9.34. The molecule has 11 aromatic rings. The van der Waals surface area contributed by atoms with Crippen molar-refractivity contribution in [1.29, 1.82) is 0 Å². The Morgan fingerprint density at radius 3 is 1.67 bits per heavy atom. The SMILES string of the molecule is c1ccc2cc3c(cc2c1)c1cccc2c1n3-c1c3c(cc4ccccc14)-n1c4cc5ccccc5cc4c4c5ccccc5cc(c41)B32. The molecule has 0 N–H and O–H groups in total. The van der Waals surface area contributed by atoms with E-state index in [1.807, 2.05) is 0 Å². The minimum Gasteiger partial charge on any atom is -0.310 e. The van der Waals surface area contributed by atoms with E-state index in [-0.39, 0.29) is 6.71 Å². The topological polar surface area (TPSA) is 9.86 Å². The Balaban J connectivity index is 1.33. The number of nitrogens with zero attached hydrogens (tertiary/aromatic N) is 2. The Kier molecular flexibility index (Phi) is 4.25. The van der Waals surface area contributed by atoms with Gasteiger partial charge in [-0.3, -0.25) is 0 Å². The number of benzene rings is 9. The summed E-state index contributed by atoms with van der Waals surface area (Å²) in [5, 5.41) is 15.6. The number of rotatable bonds is 0. The van der Waals surface area contributed by atoms with Crippen LogP contribution >= 0.6 is 0 Å². The molecule has 49 heavy (non-hydrogen) atoms. The molecule has 0 radical (unpaired) electrons. The van der Waals surface area contributed by atoms with Crippen molar-refractivity contribution in [3.05, 3.63) is 152 Å². The van der Waals surface area contributed by atoms with Gasteiger partial charge in [-0.15, -0.1) is 0 Å². The molecule has 0 saturated heterocycles. The quantitative estimate of drug-likeness (QED) is 0.150. The summed E-state index contributed by atoms with van der Waals surface area (Å²) >= 11 is 0. The molecule has 0 aliphatic carbocycles. The van der Waals surface area contributed by atoms with Crippen molar-refractivity contribution >= 4 is 110 Å². The molecular weight excluding hydrogens is 591 g/mol. The van der Waals surface area contributed by atoms with E-state index in [0.29, 0.717) is 0 Å². The van der Waals surface area contributed by atoms with Crippen LogP contribution in [0.15, 0.2) is 152 Å². The predicted octanol–water partition coefficient (Wildman–Crippen LogP) is 9.64. The molecule has 0 unspecified atom stereocenters. The van der Waals surface area contributed by atoms with Gasteiger partial charge in [-0.2, -0.15) is 0 Å². The maximum atomic E-state index is 2.62. The molecule has 2 nitrogen and oxygen atoms in total. The summed E-state index contributed by atoms with van der Waals surface area (Å²) in [6.45, 7) is 0.0999. The Morgan fingerprint density at radius 2 is 0.939 bits per heavy atom. The first-order valence-corrected chi connectivity index (χ1v) is 17.2. The van der Waals surface area contributed by atoms with Crippen LogP contribution in [-0.2, 0) is 0 Å². The van der Waals surface area contributed by atoms with Crippen LogP contribution in [-0.4, -0.2) is 15.8 Å². The smallest absolute Gasteiger partial charge is 0.252 e. The molecular formula is C46H25BN2. The Hall–Kier alpha value is -6.32. The average molecular weight is 617 g/mol. The van der Waals surface area contributed by atoms with E-state index < -0.39 is 0 Å². The number of fused-ring (bicyclic) bond motifs is 16. The summed E-state index contributed by atoms with van der Waals surface area (Å²) in [7, 11) is 0. The molecule has 13 rings (SSSR count). The van der Waals surface area contributed by atoms with E-state index in [1.54, 1.807) is 0 Å². The number of hydrogen-bond donors (Lipinski definition) is 0. The van der Waals surface area contributed by atoms with Crippen molar-refractivity contribution in [3.8, 4) is 11.4 Å². The molecule has 9 aromatic carbocycles. The van der Waals surface area contributed by atoms with Gasteiger partial charge in [0.1, 0.15) is 0 Å². The Bertz CT molecular complexity index is 3340. The highest BCUT2D eigenvalue weighted by atomic mass is 15.0. The number of hydrogen-bond acceptors (Lipinski definition) is 0. The molecule has 0 spiro atoms. The highest BCUT2D eigenvalue weighted by molar-refractivity contribution is 7.00. The first-order valence-electron chi connectivity index (χ1n) is 17.2. The van der Waals surface area contributed by atoms with Gasteiger partial charge in [-0.25, -0.2) is 0 Å². The van der Waals surface area contributed by atoms with Crippen LogP contribution in [0.1, 0.15) is 0 Å². The van der Waals surface area contributed by atoms with Crippen LogP contribution in [0.3, 0.4) is 0 Å². The molecule has 0 saturated carbocycles. The maximum absolute atomic E-state index is 2.62. The van der Waals surface area contributed by atoms with Gasteiger partial charge in [-0.1, -0.05) is 121 Å². The number of para-hydroxylation sites is 1. The zero-order valence-corrected chi connectivity index (χ0v) is 26.4. The molecule has 0 bridgehead atoms. The molecule has 222 valence electrons. The van der Waals surface area contributed by atoms with Gasteiger partial charge in [0.25, 0.3) is 6.71 Å². The summed E-state index contributed by atoms with van der Waals surface area (Å²) in [5.74, 6) is 0. The van der Waals surface area contributed by atoms with E-state index in [0.717, 1.165) is 0 Å². The third-order valence-corrected chi connectivity index (χ3v) is 11.7. The van der Waals surface area contributed by atoms with Crippen LogP contribution in [0.4, 0.5) is 0 Å². The van der Waals surface area contributed by atoms with E-state index in [2.05, 4.69) is 161 Å². The standard InChI is InChI=1S/C46H25BN2/c1-3-12-28-23-39-35(20-26(28)10-1)34-18-9-19-37-44(34)49(39)45-33-17-8-6-15-31(33)25-41-43(45)47(37)38-22-30-14-5-7-16-32(30)42-36-21-27-11-2-4-13-29(27)24-40(36)48(41)46(38)42/h1-25H. The van der Waals surface area contributed by atoms with E-state index >= 15 is 0 Å². The fraction of sp³-hybridized carbons (Fsp3) is 0. The lowest BCUT2D eigenvalue weighted by Crippen LogP contribution is -2.59. The first kappa shape index (κ1) is 24.8. The normalized spacial score (nSPS) is 13.3. The summed E-state index contributed by atoms with van der Waals surface area (Å²) in [4.78, 5) is 0. The lowest BCUT2D eigenvalue weighted by molar-refractivity contribution is 1.16. The highest BCUT2D eigenvalue weighted by Crippen LogP contribution is 2.44. The zero-order chi connectivity index (χ0) is 31.5. The van der Waals surface area contributed by atoms with Crippen molar-refractivity contribution < 1.29 is 0 Å². The second-order valence-corrected chi connectivity index (χ2v) is 14.1. The van der Waals surface area contributed by atoms with Crippen molar-refractivity contribution in [1.82, 2.24) is 9.13 Å². The van der Waals surface area contributed by atoms with Crippen LogP contribution in [0, 0.1) is 0 Å². The summed E-state index contributed by atoms with van der Waals surface area (Å²) in [6.07, 6.45) is 0. The molecule has 2 aliphatic heterocycles. The van der Waals surface area contributed by atoms with Crippen molar-refractivity contribution in [2.75, 3.05) is 0 Å². The number of aromatic nitrogens is 2. The van der Waals surface area contributed by atoms with E-state index in [1.165, 1.54) is 114 Å². The molecule has 3 heteroatoms. The second-order valence-electron chi connectivity index (χ2n) is 14.1. The van der Waals surface area contributed by atoms with E-state index in [9.17, 15) is 0 Å². The Morgan fingerprint density at radius 1 is 0.367 bits per heavy atom. The summed E-state index contributed by atoms with van der Waals surface area (Å²) in [5.41, 5.74) is 12.0. The van der Waals surface area contributed by atoms with Crippen LogP contribution in [0.25, 0.3) is 98.1 Å². The van der Waals surface area contributed by atoms with Crippen LogP contribution in [0.2, 0.25) is 0 Å². The summed E-state index contributed by atoms with van der Waals surface area (Å²) < 4.78 is 5.24. The van der Waals surface area contributed by atoms with Gasteiger partial charge in [-0.05, 0) is 84.4 Å². The van der Waals surface area contributed by atoms with Crippen molar-refractivity contribution in [2.45, 2.75) is 0 Å². The largest absolute Gasteiger partial charge is 0.310 e. The highest BCUT2D eigenvalue weighted by Gasteiger charge is 2.42. The Labute approximate surface area is 281 Å². The fourth-order valence-corrected chi connectivity index (χ4v) is 9.84. The van der Waals surface area contributed by atoms with Crippen LogP contribution < -0.4 is 16.4 Å². The predicted molar refractivity (Wildman–Crippen MR) is 210 cm³/mol. The van der Waals surface area contributed by atoms with Crippen molar-refractivity contribution in [2.24, 2.45) is 0 Å². The summed E-state index contributed by atoms with van der Waals surface area (Å²) in [6, 6.07) is 57.4. The van der Waals surface area contributed by atoms with E-state index in [4.69, 9.17) is 0 Å². The third-order valence-electron chi connectivity index (χ3n) is 11.7. The molecule has 0 atom stereocenters. The van der Waals surface area contributed by atoms with Gasteiger partial charge in [0, 0.05) is 38.1 Å². The zero-order valence-electron chi connectivity index (χ0n) is 26.4. The molecule has 0 amide bonds. The first-order chi connectivity index (χ1) is 24.3. The maximum Gasteiger partial charge on any atom is 0.252 e. The minimum absolute atomic E-state index is 0.0999. The third kappa shape index (κ3) is 2.85. The van der Waals surface area contributed by atoms with Gasteiger partial charge in [0.2, 0.25) is 0 Å². The van der Waals surface area contributed by atoms with Gasteiger partial charge < -0.3 is 9.13 Å².